The van der Waals surface area contributed by atoms with Crippen molar-refractivity contribution in [2.75, 3.05) is 0 Å². The van der Waals surface area contributed by atoms with Crippen molar-refractivity contribution in [2.24, 2.45) is 0 Å². The molecule has 0 fully saturated rings. The molecule has 0 spiro atoms. The van der Waals surface area contributed by atoms with E-state index in [4.69, 9.17) is 0 Å². The molecule has 0 atom stereocenters. The molecule has 0 bridgehead atoms. The predicted molar refractivity (Wildman–Crippen MR) is 61.7 cm³/mol. The topological polar surface area (TPSA) is 55.0 Å². The smallest absolute Gasteiger partial charge is 0.405 e. The Labute approximate surface area is 110 Å². The summed E-state index contributed by atoms with van der Waals surface area (Å²) in [6.45, 7) is 1.24. The van der Waals surface area contributed by atoms with E-state index in [-0.39, 0.29) is 17.1 Å². The predicted octanol–water partition coefficient (Wildman–Crippen LogP) is 2.78. The van der Waals surface area contributed by atoms with Crippen LogP contribution in [-0.2, 0) is 0 Å². The van der Waals surface area contributed by atoms with Crippen LogP contribution < -0.4 is 10.3 Å². The first-order valence-electron chi connectivity index (χ1n) is 5.39. The molecular formula is C12H8F4N2O2. The molecule has 20 heavy (non-hydrogen) atoms. The first-order valence-corrected chi connectivity index (χ1v) is 5.39. The number of benzene rings is 1. The fraction of sp³-hybridized carbons (Fsp3) is 0.167. The van der Waals surface area contributed by atoms with Gasteiger partial charge in [0.1, 0.15) is 11.6 Å². The Morgan fingerprint density at radius 3 is 2.50 bits per heavy atom. The van der Waals surface area contributed by atoms with Gasteiger partial charge in [0.15, 0.2) is 0 Å². The molecule has 0 radical (unpaired) electrons. The highest BCUT2D eigenvalue weighted by molar-refractivity contribution is 5.63. The molecule has 2 aromatic rings. The second-order valence-electron chi connectivity index (χ2n) is 3.86. The van der Waals surface area contributed by atoms with Crippen LogP contribution in [-0.4, -0.2) is 16.3 Å². The number of alkyl halides is 3. The van der Waals surface area contributed by atoms with Gasteiger partial charge in [-0.05, 0) is 19.1 Å². The van der Waals surface area contributed by atoms with Gasteiger partial charge in [0.2, 0.25) is 5.82 Å². The zero-order valence-corrected chi connectivity index (χ0v) is 10.1. The summed E-state index contributed by atoms with van der Waals surface area (Å²) >= 11 is 0. The fourth-order valence-electron chi connectivity index (χ4n) is 1.57. The number of H-pyrrole nitrogens is 1. The highest BCUT2D eigenvalue weighted by atomic mass is 19.4. The Morgan fingerprint density at radius 1 is 1.25 bits per heavy atom. The molecule has 0 aliphatic carbocycles. The average molecular weight is 288 g/mol. The summed E-state index contributed by atoms with van der Waals surface area (Å²) in [6.07, 6.45) is -4.88. The number of halogens is 4. The summed E-state index contributed by atoms with van der Waals surface area (Å²) in [5, 5.41) is 0. The minimum absolute atomic E-state index is 0.0926. The number of nitrogens with one attached hydrogen (secondary N) is 1. The Bertz CT molecular complexity index is 695. The van der Waals surface area contributed by atoms with Crippen LogP contribution in [0.25, 0.3) is 11.4 Å². The van der Waals surface area contributed by atoms with Gasteiger partial charge in [0.25, 0.3) is 5.56 Å². The minimum Gasteiger partial charge on any atom is -0.405 e. The van der Waals surface area contributed by atoms with Crippen LogP contribution in [0.4, 0.5) is 17.6 Å². The molecular weight excluding hydrogens is 280 g/mol. The third-order valence-corrected chi connectivity index (χ3v) is 2.40. The zero-order chi connectivity index (χ0) is 14.9. The van der Waals surface area contributed by atoms with E-state index >= 15 is 0 Å². The number of aromatic amines is 1. The van der Waals surface area contributed by atoms with Gasteiger partial charge in [-0.25, -0.2) is 4.98 Å². The summed E-state index contributed by atoms with van der Waals surface area (Å²) in [7, 11) is 0. The van der Waals surface area contributed by atoms with E-state index in [0.717, 1.165) is 6.07 Å². The zero-order valence-electron chi connectivity index (χ0n) is 10.1. The summed E-state index contributed by atoms with van der Waals surface area (Å²) in [5.74, 6) is -1.81. The van der Waals surface area contributed by atoms with Crippen LogP contribution in [0, 0.1) is 12.7 Å². The van der Waals surface area contributed by atoms with E-state index < -0.39 is 23.5 Å². The lowest BCUT2D eigenvalue weighted by molar-refractivity contribution is -0.274. The molecule has 0 saturated carbocycles. The standard InChI is InChI=1S/C12H8F4N2O2/c1-6-9(13)11(19)18-10(17-6)7-4-2-3-5-8(7)20-12(14,15)16/h2-5H,1H3,(H,17,18,19). The molecule has 0 unspecified atom stereocenters. The number of rotatable bonds is 2. The first-order chi connectivity index (χ1) is 9.28. The summed E-state index contributed by atoms with van der Waals surface area (Å²) in [5.41, 5.74) is -1.37. The normalized spacial score (nSPS) is 11.4. The number of para-hydroxylation sites is 1. The van der Waals surface area contributed by atoms with Crippen LogP contribution in [0.1, 0.15) is 5.69 Å². The van der Waals surface area contributed by atoms with Crippen LogP contribution in [0.5, 0.6) is 5.75 Å². The fourth-order valence-corrected chi connectivity index (χ4v) is 1.57. The third-order valence-electron chi connectivity index (χ3n) is 2.40. The molecule has 0 aliphatic rings. The molecule has 1 aromatic heterocycles. The molecule has 8 heteroatoms. The number of nitrogens with zero attached hydrogens (tertiary/aromatic N) is 1. The van der Waals surface area contributed by atoms with Crippen molar-refractivity contribution in [3.63, 3.8) is 0 Å². The van der Waals surface area contributed by atoms with Gasteiger partial charge in [0, 0.05) is 0 Å². The van der Waals surface area contributed by atoms with Crippen LogP contribution in [0.2, 0.25) is 0 Å². The van der Waals surface area contributed by atoms with E-state index in [2.05, 4.69) is 14.7 Å². The lowest BCUT2D eigenvalue weighted by Crippen LogP contribution is -2.19. The third kappa shape index (κ3) is 2.95. The lowest BCUT2D eigenvalue weighted by atomic mass is 10.2. The molecule has 106 valence electrons. The van der Waals surface area contributed by atoms with Crippen molar-refractivity contribution in [3.05, 3.63) is 46.1 Å². The van der Waals surface area contributed by atoms with E-state index in [9.17, 15) is 22.4 Å². The minimum atomic E-state index is -4.88. The summed E-state index contributed by atoms with van der Waals surface area (Å²) in [6, 6.07) is 5.12. The first kappa shape index (κ1) is 14.0. The maximum absolute atomic E-state index is 13.2. The van der Waals surface area contributed by atoms with Gasteiger partial charge in [-0.1, -0.05) is 12.1 Å². The lowest BCUT2D eigenvalue weighted by Gasteiger charge is -2.12. The Kier molecular flexibility index (Phi) is 3.47. The van der Waals surface area contributed by atoms with Crippen molar-refractivity contribution in [1.82, 2.24) is 9.97 Å². The number of ether oxygens (including phenoxy) is 1. The van der Waals surface area contributed by atoms with E-state index in [1.165, 1.54) is 25.1 Å². The molecule has 0 saturated heterocycles. The van der Waals surface area contributed by atoms with Gasteiger partial charge < -0.3 is 9.72 Å². The van der Waals surface area contributed by atoms with Gasteiger partial charge in [-0.2, -0.15) is 4.39 Å². The van der Waals surface area contributed by atoms with Crippen LogP contribution in [0.15, 0.2) is 29.1 Å². The second-order valence-corrected chi connectivity index (χ2v) is 3.86. The second kappa shape index (κ2) is 4.95. The number of hydrogen-bond acceptors (Lipinski definition) is 3. The molecule has 2 rings (SSSR count). The SMILES string of the molecule is Cc1nc(-c2ccccc2OC(F)(F)F)[nH]c(=O)c1F. The Balaban J connectivity index is 2.56. The van der Waals surface area contributed by atoms with E-state index in [0.29, 0.717) is 0 Å². The van der Waals surface area contributed by atoms with Crippen molar-refractivity contribution in [3.8, 4) is 17.1 Å². The number of hydrogen-bond donors (Lipinski definition) is 1. The monoisotopic (exact) mass is 288 g/mol. The molecule has 1 N–H and O–H groups in total. The maximum Gasteiger partial charge on any atom is 0.573 e. The molecule has 1 heterocycles. The Hall–Kier alpha value is -2.38. The van der Waals surface area contributed by atoms with Crippen molar-refractivity contribution < 1.29 is 22.3 Å². The van der Waals surface area contributed by atoms with E-state index in [1.807, 2.05) is 0 Å². The molecule has 0 amide bonds. The summed E-state index contributed by atoms with van der Waals surface area (Å²) in [4.78, 5) is 17.1. The van der Waals surface area contributed by atoms with Crippen molar-refractivity contribution in [2.45, 2.75) is 13.3 Å². The number of aromatic nitrogens is 2. The van der Waals surface area contributed by atoms with Crippen LogP contribution in [0.3, 0.4) is 0 Å². The maximum atomic E-state index is 13.2. The van der Waals surface area contributed by atoms with Gasteiger partial charge in [0.05, 0.1) is 11.3 Å². The van der Waals surface area contributed by atoms with Gasteiger partial charge >= 0.3 is 6.36 Å². The van der Waals surface area contributed by atoms with Crippen molar-refractivity contribution >= 4 is 0 Å². The molecule has 0 aliphatic heterocycles. The van der Waals surface area contributed by atoms with Crippen molar-refractivity contribution in [1.29, 1.82) is 0 Å². The highest BCUT2D eigenvalue weighted by Crippen LogP contribution is 2.31. The largest absolute Gasteiger partial charge is 0.573 e. The summed E-state index contributed by atoms with van der Waals surface area (Å²) < 4.78 is 53.9. The van der Waals surface area contributed by atoms with E-state index in [1.54, 1.807) is 0 Å². The van der Waals surface area contributed by atoms with Gasteiger partial charge in [-0.3, -0.25) is 4.79 Å². The quantitative estimate of drug-likeness (QED) is 0.864. The number of aryl methyl sites for hydroxylation is 1. The van der Waals surface area contributed by atoms with Crippen LogP contribution >= 0.6 is 0 Å². The molecule has 1 aromatic carbocycles. The highest BCUT2D eigenvalue weighted by Gasteiger charge is 2.32. The average Bonchev–Trinajstić information content (AvgIpc) is 2.34. The molecule has 4 nitrogen and oxygen atoms in total. The van der Waals surface area contributed by atoms with Gasteiger partial charge in [-0.15, -0.1) is 13.2 Å². The Morgan fingerprint density at radius 2 is 1.90 bits per heavy atom.